The zero-order chi connectivity index (χ0) is 14.5. The summed E-state index contributed by atoms with van der Waals surface area (Å²) in [5.41, 5.74) is 0.205. The molecule has 0 saturated carbocycles. The van der Waals surface area contributed by atoms with E-state index in [1.54, 1.807) is 0 Å². The second kappa shape index (κ2) is 6.48. The molecule has 0 aliphatic carbocycles. The fraction of sp³-hybridized carbons (Fsp3) is 0.250. The lowest BCUT2D eigenvalue weighted by Gasteiger charge is -2.09. The number of rotatable bonds is 2. The summed E-state index contributed by atoms with van der Waals surface area (Å²) < 4.78 is 52.4. The van der Waals surface area contributed by atoms with E-state index in [2.05, 4.69) is 16.6 Å². The van der Waals surface area contributed by atoms with Gasteiger partial charge < -0.3 is 4.74 Å². The van der Waals surface area contributed by atoms with Gasteiger partial charge in [-0.3, -0.25) is 4.79 Å². The predicted molar refractivity (Wildman–Crippen MR) is 63.1 cm³/mol. The van der Waals surface area contributed by atoms with Crippen LogP contribution in [0.5, 0.6) is 5.75 Å². The molecule has 0 aliphatic heterocycles. The van der Waals surface area contributed by atoms with Gasteiger partial charge in [0.2, 0.25) is 0 Å². The Balaban J connectivity index is 2.74. The summed E-state index contributed by atoms with van der Waals surface area (Å²) in [6, 6.07) is 2.90. The second-order valence-corrected chi connectivity index (χ2v) is 4.43. The summed E-state index contributed by atoms with van der Waals surface area (Å²) in [5, 5.41) is -0.102. The molecule has 1 aromatic carbocycles. The Morgan fingerprint density at radius 2 is 2.11 bits per heavy atom. The van der Waals surface area contributed by atoms with E-state index in [4.69, 9.17) is 0 Å². The van der Waals surface area contributed by atoms with E-state index in [9.17, 15) is 22.4 Å². The second-order valence-electron chi connectivity index (χ2n) is 3.28. The summed E-state index contributed by atoms with van der Waals surface area (Å²) in [5.74, 6) is 3.30. The van der Waals surface area contributed by atoms with E-state index in [0.717, 1.165) is 23.9 Å². The van der Waals surface area contributed by atoms with Crippen molar-refractivity contribution in [2.24, 2.45) is 0 Å². The van der Waals surface area contributed by atoms with Crippen LogP contribution in [-0.2, 0) is 4.79 Å². The largest absolute Gasteiger partial charge is 0.573 e. The molecule has 0 fully saturated rings. The Morgan fingerprint density at radius 1 is 1.42 bits per heavy atom. The molecule has 0 unspecified atom stereocenters. The number of hydrogen-bond donors (Lipinski definition) is 0. The standard InChI is InChI=1S/C12H8F4O2S/c1-8(17)19-6-2-3-9-4-5-11(10(13)7-9)18-12(14,15)16/h4-5,7H,6H2,1H3. The molecule has 0 atom stereocenters. The predicted octanol–water partition coefficient (Wildman–Crippen LogP) is 3.36. The summed E-state index contributed by atoms with van der Waals surface area (Å²) in [6.45, 7) is 1.38. The lowest BCUT2D eigenvalue weighted by Crippen LogP contribution is -2.17. The minimum atomic E-state index is -4.94. The van der Waals surface area contributed by atoms with Gasteiger partial charge in [-0.05, 0) is 18.2 Å². The number of carbonyl (C=O) groups is 1. The highest BCUT2D eigenvalue weighted by atomic mass is 32.2. The molecule has 1 rings (SSSR count). The topological polar surface area (TPSA) is 26.3 Å². The number of alkyl halides is 3. The highest BCUT2D eigenvalue weighted by molar-refractivity contribution is 8.13. The molecule has 102 valence electrons. The maximum absolute atomic E-state index is 13.3. The number of carbonyl (C=O) groups excluding carboxylic acids is 1. The van der Waals surface area contributed by atoms with Crippen LogP contribution in [0.25, 0.3) is 0 Å². The molecular weight excluding hydrogens is 284 g/mol. The molecule has 0 spiro atoms. The average Bonchev–Trinajstić information content (AvgIpc) is 2.26. The molecule has 0 aromatic heterocycles. The Morgan fingerprint density at radius 3 is 2.63 bits per heavy atom. The Kier molecular flexibility index (Phi) is 5.24. The van der Waals surface area contributed by atoms with Crippen LogP contribution in [-0.4, -0.2) is 17.2 Å². The maximum Gasteiger partial charge on any atom is 0.573 e. The molecule has 0 heterocycles. The van der Waals surface area contributed by atoms with Crippen LogP contribution in [0.4, 0.5) is 17.6 Å². The minimum Gasteiger partial charge on any atom is -0.403 e. The fourth-order valence-corrected chi connectivity index (χ4v) is 1.41. The van der Waals surface area contributed by atoms with Crippen LogP contribution in [0.1, 0.15) is 12.5 Å². The van der Waals surface area contributed by atoms with Gasteiger partial charge in [-0.25, -0.2) is 4.39 Å². The smallest absolute Gasteiger partial charge is 0.403 e. The first-order chi connectivity index (χ1) is 8.78. The Bertz CT molecular complexity index is 529. The van der Waals surface area contributed by atoms with Gasteiger partial charge in [-0.1, -0.05) is 23.6 Å². The van der Waals surface area contributed by atoms with Crippen molar-refractivity contribution in [1.29, 1.82) is 0 Å². The zero-order valence-electron chi connectivity index (χ0n) is 9.68. The quantitative estimate of drug-likeness (QED) is 0.617. The number of benzene rings is 1. The van der Waals surface area contributed by atoms with Crippen molar-refractivity contribution < 1.29 is 27.1 Å². The number of thioether (sulfide) groups is 1. The van der Waals surface area contributed by atoms with Crippen molar-refractivity contribution >= 4 is 16.9 Å². The zero-order valence-corrected chi connectivity index (χ0v) is 10.5. The van der Waals surface area contributed by atoms with Gasteiger partial charge in [0.05, 0.1) is 5.75 Å². The third-order valence-electron chi connectivity index (χ3n) is 1.74. The fourth-order valence-electron chi connectivity index (χ4n) is 1.06. The summed E-state index contributed by atoms with van der Waals surface area (Å²) in [6.07, 6.45) is -4.94. The van der Waals surface area contributed by atoms with Gasteiger partial charge in [-0.2, -0.15) is 0 Å². The first kappa shape index (κ1) is 15.4. The van der Waals surface area contributed by atoms with E-state index >= 15 is 0 Å². The monoisotopic (exact) mass is 292 g/mol. The van der Waals surface area contributed by atoms with E-state index in [0.29, 0.717) is 0 Å². The van der Waals surface area contributed by atoms with Gasteiger partial charge in [0.25, 0.3) is 0 Å². The SMILES string of the molecule is CC(=O)SCC#Cc1ccc(OC(F)(F)F)c(F)c1. The molecule has 0 radical (unpaired) electrons. The molecule has 2 nitrogen and oxygen atoms in total. The van der Waals surface area contributed by atoms with E-state index in [1.807, 2.05) is 0 Å². The highest BCUT2D eigenvalue weighted by Crippen LogP contribution is 2.25. The minimum absolute atomic E-state index is 0.102. The van der Waals surface area contributed by atoms with Crippen molar-refractivity contribution in [3.05, 3.63) is 29.6 Å². The van der Waals surface area contributed by atoms with Crippen molar-refractivity contribution in [1.82, 2.24) is 0 Å². The first-order valence-electron chi connectivity index (χ1n) is 4.95. The van der Waals surface area contributed by atoms with E-state index < -0.39 is 17.9 Å². The normalized spacial score (nSPS) is 10.6. The third-order valence-corrected chi connectivity index (χ3v) is 2.43. The van der Waals surface area contributed by atoms with Gasteiger partial charge in [-0.15, -0.1) is 13.2 Å². The van der Waals surface area contributed by atoms with Crippen LogP contribution >= 0.6 is 11.8 Å². The van der Waals surface area contributed by atoms with E-state index in [1.165, 1.54) is 13.0 Å². The molecule has 0 aliphatic rings. The molecule has 0 saturated heterocycles. The maximum atomic E-state index is 13.3. The van der Waals surface area contributed by atoms with Crippen molar-refractivity contribution in [2.75, 3.05) is 5.75 Å². The lowest BCUT2D eigenvalue weighted by molar-refractivity contribution is -0.275. The number of hydrogen-bond acceptors (Lipinski definition) is 3. The van der Waals surface area contributed by atoms with E-state index in [-0.39, 0.29) is 16.4 Å². The van der Waals surface area contributed by atoms with Gasteiger partial charge in [0, 0.05) is 12.5 Å². The number of ether oxygens (including phenoxy) is 1. The van der Waals surface area contributed by atoms with Crippen molar-refractivity contribution in [3.63, 3.8) is 0 Å². The lowest BCUT2D eigenvalue weighted by atomic mass is 10.2. The summed E-state index contributed by atoms with van der Waals surface area (Å²) >= 11 is 0.986. The molecule has 7 heteroatoms. The van der Waals surface area contributed by atoms with Crippen LogP contribution in [0.15, 0.2) is 18.2 Å². The van der Waals surface area contributed by atoms with Gasteiger partial charge in [0.1, 0.15) is 0 Å². The molecular formula is C12H8F4O2S. The van der Waals surface area contributed by atoms with Crippen molar-refractivity contribution in [3.8, 4) is 17.6 Å². The van der Waals surface area contributed by atoms with Crippen LogP contribution in [0, 0.1) is 17.7 Å². The summed E-state index contributed by atoms with van der Waals surface area (Å²) in [4.78, 5) is 10.6. The molecule has 19 heavy (non-hydrogen) atoms. The number of halogens is 4. The highest BCUT2D eigenvalue weighted by Gasteiger charge is 2.32. The Labute approximate surface area is 111 Å². The average molecular weight is 292 g/mol. The van der Waals surface area contributed by atoms with Crippen LogP contribution in [0.3, 0.4) is 0 Å². The molecule has 1 aromatic rings. The van der Waals surface area contributed by atoms with Crippen molar-refractivity contribution in [2.45, 2.75) is 13.3 Å². The Hall–Kier alpha value is -1.68. The first-order valence-corrected chi connectivity index (χ1v) is 5.94. The molecule has 0 bridgehead atoms. The van der Waals surface area contributed by atoms with Crippen LogP contribution in [0.2, 0.25) is 0 Å². The van der Waals surface area contributed by atoms with Gasteiger partial charge in [0.15, 0.2) is 16.7 Å². The van der Waals surface area contributed by atoms with Gasteiger partial charge >= 0.3 is 6.36 Å². The molecule has 0 amide bonds. The summed E-state index contributed by atoms with van der Waals surface area (Å²) in [7, 11) is 0. The van der Waals surface area contributed by atoms with Crippen LogP contribution < -0.4 is 4.74 Å². The third kappa shape index (κ3) is 6.15. The molecule has 0 N–H and O–H groups in total.